The summed E-state index contributed by atoms with van der Waals surface area (Å²) in [5.41, 5.74) is 0.723. The quantitative estimate of drug-likeness (QED) is 0.861. The van der Waals surface area contributed by atoms with Crippen molar-refractivity contribution in [2.75, 3.05) is 26.2 Å². The molecule has 3 rings (SSSR count). The maximum atomic E-state index is 12.2. The molecule has 2 atom stereocenters. The minimum absolute atomic E-state index is 0.0859. The molecule has 2 heterocycles. The van der Waals surface area contributed by atoms with Gasteiger partial charge >= 0.3 is 0 Å². The third kappa shape index (κ3) is 2.58. The van der Waals surface area contributed by atoms with E-state index in [2.05, 4.69) is 10.1 Å². The lowest BCUT2D eigenvalue weighted by atomic mass is 10.1. The van der Waals surface area contributed by atoms with Crippen molar-refractivity contribution in [2.24, 2.45) is 0 Å². The summed E-state index contributed by atoms with van der Waals surface area (Å²) in [5, 5.41) is 13.7. The Morgan fingerprint density at radius 3 is 2.65 bits per heavy atom. The fourth-order valence-corrected chi connectivity index (χ4v) is 3.22. The second kappa shape index (κ2) is 5.54. The van der Waals surface area contributed by atoms with Crippen molar-refractivity contribution in [3.8, 4) is 0 Å². The Labute approximate surface area is 118 Å². The third-order valence-electron chi connectivity index (χ3n) is 4.35. The first-order chi connectivity index (χ1) is 9.65. The Hall–Kier alpha value is -1.40. The van der Waals surface area contributed by atoms with Gasteiger partial charge in [0.25, 0.3) is 5.91 Å². The third-order valence-corrected chi connectivity index (χ3v) is 4.35. The molecule has 1 saturated carbocycles. The molecule has 0 bridgehead atoms. The highest BCUT2D eigenvalue weighted by Gasteiger charge is 2.33. The minimum atomic E-state index is -0.200. The molecule has 1 saturated heterocycles. The van der Waals surface area contributed by atoms with E-state index in [1.165, 1.54) is 0 Å². The van der Waals surface area contributed by atoms with E-state index < -0.39 is 0 Å². The van der Waals surface area contributed by atoms with Crippen molar-refractivity contribution >= 4 is 5.91 Å². The van der Waals surface area contributed by atoms with Crippen LogP contribution in [0.1, 0.15) is 35.5 Å². The minimum Gasteiger partial charge on any atom is -0.391 e. The number of hydrogen-bond acceptors (Lipinski definition) is 5. The molecule has 2 aliphatic rings. The van der Waals surface area contributed by atoms with Crippen molar-refractivity contribution in [3.05, 3.63) is 17.5 Å². The van der Waals surface area contributed by atoms with E-state index in [1.807, 2.05) is 0 Å². The summed E-state index contributed by atoms with van der Waals surface area (Å²) in [5.74, 6) is 0.231. The summed E-state index contributed by atoms with van der Waals surface area (Å²) in [6.07, 6.45) is 2.87. The number of rotatable bonds is 2. The van der Waals surface area contributed by atoms with E-state index in [1.54, 1.807) is 17.9 Å². The van der Waals surface area contributed by atoms with E-state index in [4.69, 9.17) is 4.52 Å². The summed E-state index contributed by atoms with van der Waals surface area (Å²) >= 11 is 0. The smallest absolute Gasteiger partial charge is 0.292 e. The molecule has 0 radical (unpaired) electrons. The number of aliphatic hydroxyl groups excluding tert-OH is 1. The summed E-state index contributed by atoms with van der Waals surface area (Å²) in [7, 11) is 0. The van der Waals surface area contributed by atoms with Crippen LogP contribution in [0.25, 0.3) is 0 Å². The molecule has 2 fully saturated rings. The average Bonchev–Trinajstić information content (AvgIpc) is 3.07. The molecular formula is C14H21N3O3. The maximum Gasteiger partial charge on any atom is 0.292 e. The normalized spacial score (nSPS) is 28.0. The molecule has 6 heteroatoms. The molecule has 1 aliphatic carbocycles. The number of carbonyl (C=O) groups is 1. The van der Waals surface area contributed by atoms with Crippen molar-refractivity contribution < 1.29 is 14.4 Å². The zero-order valence-corrected chi connectivity index (χ0v) is 11.8. The van der Waals surface area contributed by atoms with E-state index in [0.29, 0.717) is 18.8 Å². The van der Waals surface area contributed by atoms with Gasteiger partial charge in [0.1, 0.15) is 0 Å². The number of nitrogens with zero attached hydrogens (tertiary/aromatic N) is 3. The topological polar surface area (TPSA) is 69.8 Å². The molecule has 1 N–H and O–H groups in total. The molecule has 20 heavy (non-hydrogen) atoms. The molecule has 0 aromatic carbocycles. The zero-order valence-electron chi connectivity index (χ0n) is 11.8. The summed E-state index contributed by atoms with van der Waals surface area (Å²) < 4.78 is 5.03. The lowest BCUT2D eigenvalue weighted by Crippen LogP contribution is -2.53. The Morgan fingerprint density at radius 1 is 1.35 bits per heavy atom. The van der Waals surface area contributed by atoms with Crippen LogP contribution in [-0.4, -0.2) is 64.3 Å². The van der Waals surface area contributed by atoms with Gasteiger partial charge in [0.05, 0.1) is 11.8 Å². The first-order valence-corrected chi connectivity index (χ1v) is 7.30. The Bertz CT molecular complexity index is 480. The lowest BCUT2D eigenvalue weighted by Gasteiger charge is -2.38. The van der Waals surface area contributed by atoms with Crippen LogP contribution < -0.4 is 0 Å². The van der Waals surface area contributed by atoms with Gasteiger partial charge in [-0.2, -0.15) is 0 Å². The highest BCUT2D eigenvalue weighted by Crippen LogP contribution is 2.25. The van der Waals surface area contributed by atoms with Crippen LogP contribution in [0.5, 0.6) is 0 Å². The fraction of sp³-hybridized carbons (Fsp3) is 0.714. The van der Waals surface area contributed by atoms with Gasteiger partial charge in [-0.3, -0.25) is 9.69 Å². The number of aliphatic hydroxyl groups is 1. The van der Waals surface area contributed by atoms with Gasteiger partial charge in [-0.1, -0.05) is 5.16 Å². The SMILES string of the molecule is Cc1cc(C(=O)N2CCN(C3CCCC3O)CC2)on1. The highest BCUT2D eigenvalue weighted by atomic mass is 16.5. The van der Waals surface area contributed by atoms with Crippen LogP contribution >= 0.6 is 0 Å². The predicted molar refractivity (Wildman–Crippen MR) is 72.4 cm³/mol. The molecule has 0 spiro atoms. The summed E-state index contributed by atoms with van der Waals surface area (Å²) in [4.78, 5) is 16.3. The first kappa shape index (κ1) is 13.6. The predicted octanol–water partition coefficient (Wildman–Crippen LogP) is 0.654. The number of hydrogen-bond donors (Lipinski definition) is 1. The number of carbonyl (C=O) groups excluding carboxylic acids is 1. The highest BCUT2D eigenvalue weighted by molar-refractivity contribution is 5.91. The van der Waals surface area contributed by atoms with Gasteiger partial charge in [-0.05, 0) is 26.2 Å². The van der Waals surface area contributed by atoms with Crippen LogP contribution in [0.3, 0.4) is 0 Å². The van der Waals surface area contributed by atoms with Gasteiger partial charge in [-0.25, -0.2) is 0 Å². The van der Waals surface area contributed by atoms with Crippen LogP contribution in [0, 0.1) is 6.92 Å². The second-order valence-corrected chi connectivity index (χ2v) is 5.73. The van der Waals surface area contributed by atoms with Crippen molar-refractivity contribution in [1.29, 1.82) is 0 Å². The van der Waals surface area contributed by atoms with E-state index in [0.717, 1.165) is 38.0 Å². The van der Waals surface area contributed by atoms with Crippen molar-refractivity contribution in [3.63, 3.8) is 0 Å². The summed E-state index contributed by atoms with van der Waals surface area (Å²) in [6, 6.07) is 1.95. The van der Waals surface area contributed by atoms with Crippen LogP contribution in [0.15, 0.2) is 10.6 Å². The molecule has 1 amide bonds. The Balaban J connectivity index is 1.57. The van der Waals surface area contributed by atoms with Crippen molar-refractivity contribution in [2.45, 2.75) is 38.3 Å². The molecule has 1 aliphatic heterocycles. The van der Waals surface area contributed by atoms with Crippen LogP contribution in [-0.2, 0) is 0 Å². The number of aromatic nitrogens is 1. The zero-order chi connectivity index (χ0) is 14.1. The summed E-state index contributed by atoms with van der Waals surface area (Å²) in [6.45, 7) is 4.81. The molecule has 2 unspecified atom stereocenters. The van der Waals surface area contributed by atoms with E-state index >= 15 is 0 Å². The van der Waals surface area contributed by atoms with E-state index in [9.17, 15) is 9.90 Å². The van der Waals surface area contributed by atoms with Gasteiger partial charge < -0.3 is 14.5 Å². The Kier molecular flexibility index (Phi) is 3.76. The number of piperazine rings is 1. The van der Waals surface area contributed by atoms with Gasteiger partial charge in [0.2, 0.25) is 5.76 Å². The second-order valence-electron chi connectivity index (χ2n) is 5.73. The molecular weight excluding hydrogens is 258 g/mol. The van der Waals surface area contributed by atoms with Crippen LogP contribution in [0.4, 0.5) is 0 Å². The lowest BCUT2D eigenvalue weighted by molar-refractivity contribution is 0.0298. The molecule has 1 aromatic heterocycles. The largest absolute Gasteiger partial charge is 0.391 e. The molecule has 110 valence electrons. The molecule has 6 nitrogen and oxygen atoms in total. The van der Waals surface area contributed by atoms with Gasteiger partial charge in [0.15, 0.2) is 0 Å². The molecule has 1 aromatic rings. The Morgan fingerprint density at radius 2 is 2.10 bits per heavy atom. The van der Waals surface area contributed by atoms with E-state index in [-0.39, 0.29) is 18.1 Å². The number of aryl methyl sites for hydroxylation is 1. The standard InChI is InChI=1S/C14H21N3O3/c1-10-9-13(20-15-10)14(19)17-7-5-16(6-8-17)11-3-2-4-12(11)18/h9,11-12,18H,2-8H2,1H3. The number of amides is 1. The fourth-order valence-electron chi connectivity index (χ4n) is 3.22. The van der Waals surface area contributed by atoms with Gasteiger partial charge in [0, 0.05) is 38.3 Å². The van der Waals surface area contributed by atoms with Crippen molar-refractivity contribution in [1.82, 2.24) is 15.0 Å². The monoisotopic (exact) mass is 279 g/mol. The van der Waals surface area contributed by atoms with Crippen LogP contribution in [0.2, 0.25) is 0 Å². The first-order valence-electron chi connectivity index (χ1n) is 7.30. The van der Waals surface area contributed by atoms with Gasteiger partial charge in [-0.15, -0.1) is 0 Å². The average molecular weight is 279 g/mol. The maximum absolute atomic E-state index is 12.2.